The molecule has 0 aromatic heterocycles. The highest BCUT2D eigenvalue weighted by Gasteiger charge is 2.44. The smallest absolute Gasteiger partial charge is 0.0512 e. The van der Waals surface area contributed by atoms with E-state index in [1.807, 2.05) is 6.92 Å². The van der Waals surface area contributed by atoms with Gasteiger partial charge < -0.3 is 5.11 Å². The molecule has 0 bridgehead atoms. The number of rotatable bonds is 4. The monoisotopic (exact) mass is 212 g/mol. The van der Waals surface area contributed by atoms with Gasteiger partial charge in [0.05, 0.1) is 6.10 Å². The lowest BCUT2D eigenvalue weighted by Gasteiger charge is -2.37. The summed E-state index contributed by atoms with van der Waals surface area (Å²) in [4.78, 5) is 0. The minimum Gasteiger partial charge on any atom is -0.393 e. The van der Waals surface area contributed by atoms with Crippen LogP contribution >= 0.6 is 0 Å². The highest BCUT2D eigenvalue weighted by molar-refractivity contribution is 4.94. The molecule has 0 aliphatic heterocycles. The van der Waals surface area contributed by atoms with Gasteiger partial charge in [0.25, 0.3) is 0 Å². The Balaban J connectivity index is 2.64. The summed E-state index contributed by atoms with van der Waals surface area (Å²) in [6.07, 6.45) is 4.79. The second-order valence-corrected chi connectivity index (χ2v) is 6.21. The maximum absolute atomic E-state index is 9.41. The van der Waals surface area contributed by atoms with E-state index in [4.69, 9.17) is 0 Å². The van der Waals surface area contributed by atoms with Gasteiger partial charge in [-0.3, -0.25) is 0 Å². The van der Waals surface area contributed by atoms with E-state index >= 15 is 0 Å². The number of aliphatic hydroxyl groups is 1. The van der Waals surface area contributed by atoms with Gasteiger partial charge in [0.15, 0.2) is 0 Å². The molecule has 0 aromatic carbocycles. The van der Waals surface area contributed by atoms with E-state index in [0.717, 1.165) is 24.2 Å². The summed E-state index contributed by atoms with van der Waals surface area (Å²) < 4.78 is 0. The van der Waals surface area contributed by atoms with Crippen LogP contribution in [-0.2, 0) is 0 Å². The Morgan fingerprint density at radius 1 is 1.33 bits per heavy atom. The third kappa shape index (κ3) is 2.75. The highest BCUT2D eigenvalue weighted by Crippen LogP contribution is 2.53. The van der Waals surface area contributed by atoms with Crippen LogP contribution in [0.2, 0.25) is 0 Å². The van der Waals surface area contributed by atoms with Gasteiger partial charge in [-0.1, -0.05) is 27.7 Å². The normalized spacial score (nSPS) is 38.6. The van der Waals surface area contributed by atoms with Gasteiger partial charge in [0, 0.05) is 0 Å². The zero-order valence-corrected chi connectivity index (χ0v) is 11.1. The fourth-order valence-corrected chi connectivity index (χ4v) is 3.33. The van der Waals surface area contributed by atoms with Crippen molar-refractivity contribution in [2.45, 2.75) is 66.4 Å². The molecule has 1 rings (SSSR count). The molecular formula is C14H28O. The van der Waals surface area contributed by atoms with Crippen LogP contribution in [0.1, 0.15) is 60.3 Å². The average molecular weight is 212 g/mol. The second kappa shape index (κ2) is 4.86. The Morgan fingerprint density at radius 2 is 1.93 bits per heavy atom. The van der Waals surface area contributed by atoms with E-state index in [0.29, 0.717) is 5.41 Å². The van der Waals surface area contributed by atoms with Gasteiger partial charge in [0.2, 0.25) is 0 Å². The number of aliphatic hydroxyl groups excluding tert-OH is 1. The van der Waals surface area contributed by atoms with Crippen LogP contribution in [0.4, 0.5) is 0 Å². The molecule has 0 aromatic rings. The van der Waals surface area contributed by atoms with E-state index in [-0.39, 0.29) is 6.10 Å². The maximum Gasteiger partial charge on any atom is 0.0512 e. The molecule has 90 valence electrons. The Morgan fingerprint density at radius 3 is 2.40 bits per heavy atom. The van der Waals surface area contributed by atoms with E-state index in [9.17, 15) is 5.11 Å². The van der Waals surface area contributed by atoms with Crippen molar-refractivity contribution in [3.63, 3.8) is 0 Å². The minimum atomic E-state index is -0.130. The van der Waals surface area contributed by atoms with Crippen LogP contribution in [0.15, 0.2) is 0 Å². The predicted molar refractivity (Wildman–Crippen MR) is 65.7 cm³/mol. The van der Waals surface area contributed by atoms with Crippen LogP contribution in [0.3, 0.4) is 0 Å². The minimum absolute atomic E-state index is 0.130. The molecule has 0 radical (unpaired) electrons. The summed E-state index contributed by atoms with van der Waals surface area (Å²) in [5, 5.41) is 9.41. The molecule has 0 saturated heterocycles. The van der Waals surface area contributed by atoms with Crippen LogP contribution in [0, 0.1) is 23.2 Å². The summed E-state index contributed by atoms with van der Waals surface area (Å²) in [5.41, 5.74) is 0.508. The van der Waals surface area contributed by atoms with E-state index in [2.05, 4.69) is 27.7 Å². The standard InChI is InChI=1S/C14H28O/c1-10(2)14(5)9-8-11(3)13(14)7-6-12(4)15/h10-13,15H,6-9H2,1-5H3/t11-,12-,13-,14+/m1/s1. The summed E-state index contributed by atoms with van der Waals surface area (Å²) in [6.45, 7) is 11.5. The summed E-state index contributed by atoms with van der Waals surface area (Å²) in [7, 11) is 0. The van der Waals surface area contributed by atoms with Gasteiger partial charge in [-0.15, -0.1) is 0 Å². The first-order chi connectivity index (χ1) is 6.88. The zero-order valence-electron chi connectivity index (χ0n) is 11.1. The number of hydrogen-bond donors (Lipinski definition) is 1. The van der Waals surface area contributed by atoms with Crippen molar-refractivity contribution in [2.24, 2.45) is 23.2 Å². The molecule has 0 heterocycles. The first-order valence-electron chi connectivity index (χ1n) is 6.56. The molecule has 1 heteroatoms. The second-order valence-electron chi connectivity index (χ2n) is 6.21. The number of hydrogen-bond acceptors (Lipinski definition) is 1. The highest BCUT2D eigenvalue weighted by atomic mass is 16.3. The van der Waals surface area contributed by atoms with Gasteiger partial charge in [-0.25, -0.2) is 0 Å². The molecule has 0 amide bonds. The van der Waals surface area contributed by atoms with Crippen molar-refractivity contribution in [2.75, 3.05) is 0 Å². The molecule has 1 nitrogen and oxygen atoms in total. The van der Waals surface area contributed by atoms with Crippen molar-refractivity contribution < 1.29 is 5.11 Å². The summed E-state index contributed by atoms with van der Waals surface area (Å²) >= 11 is 0. The Kier molecular flexibility index (Phi) is 4.22. The maximum atomic E-state index is 9.41. The lowest BCUT2D eigenvalue weighted by atomic mass is 9.68. The van der Waals surface area contributed by atoms with Crippen LogP contribution in [0.25, 0.3) is 0 Å². The van der Waals surface area contributed by atoms with E-state index in [1.54, 1.807) is 0 Å². The van der Waals surface area contributed by atoms with Crippen LogP contribution in [0.5, 0.6) is 0 Å². The molecule has 15 heavy (non-hydrogen) atoms. The van der Waals surface area contributed by atoms with Crippen LogP contribution in [-0.4, -0.2) is 11.2 Å². The van der Waals surface area contributed by atoms with Gasteiger partial charge >= 0.3 is 0 Å². The van der Waals surface area contributed by atoms with Gasteiger partial charge in [-0.05, 0) is 55.8 Å². The lowest BCUT2D eigenvalue weighted by molar-refractivity contribution is 0.0973. The lowest BCUT2D eigenvalue weighted by Crippen LogP contribution is -2.30. The molecule has 1 saturated carbocycles. The van der Waals surface area contributed by atoms with E-state index in [1.165, 1.54) is 19.3 Å². The van der Waals surface area contributed by atoms with E-state index < -0.39 is 0 Å². The molecule has 1 fully saturated rings. The zero-order chi connectivity index (χ0) is 11.6. The molecule has 0 unspecified atom stereocenters. The Hall–Kier alpha value is -0.0400. The summed E-state index contributed by atoms with van der Waals surface area (Å²) in [5.74, 6) is 2.42. The molecule has 1 aliphatic rings. The predicted octanol–water partition coefficient (Wildman–Crippen LogP) is 3.86. The van der Waals surface area contributed by atoms with Crippen molar-refractivity contribution >= 4 is 0 Å². The Labute approximate surface area is 95.3 Å². The molecular weight excluding hydrogens is 184 g/mol. The third-order valence-corrected chi connectivity index (χ3v) is 4.89. The first-order valence-corrected chi connectivity index (χ1v) is 6.56. The van der Waals surface area contributed by atoms with Gasteiger partial charge in [-0.2, -0.15) is 0 Å². The largest absolute Gasteiger partial charge is 0.393 e. The third-order valence-electron chi connectivity index (χ3n) is 4.89. The fraction of sp³-hybridized carbons (Fsp3) is 1.00. The first kappa shape index (κ1) is 13.0. The van der Waals surface area contributed by atoms with Crippen molar-refractivity contribution in [1.29, 1.82) is 0 Å². The van der Waals surface area contributed by atoms with Crippen molar-refractivity contribution in [3.8, 4) is 0 Å². The topological polar surface area (TPSA) is 20.2 Å². The fourth-order valence-electron chi connectivity index (χ4n) is 3.33. The van der Waals surface area contributed by atoms with Crippen molar-refractivity contribution in [3.05, 3.63) is 0 Å². The van der Waals surface area contributed by atoms with Crippen molar-refractivity contribution in [1.82, 2.24) is 0 Å². The van der Waals surface area contributed by atoms with Crippen LogP contribution < -0.4 is 0 Å². The summed E-state index contributed by atoms with van der Waals surface area (Å²) in [6, 6.07) is 0. The molecule has 1 aliphatic carbocycles. The van der Waals surface area contributed by atoms with Gasteiger partial charge in [0.1, 0.15) is 0 Å². The Bertz CT molecular complexity index is 198. The molecule has 4 atom stereocenters. The molecule has 0 spiro atoms. The average Bonchev–Trinajstić information content (AvgIpc) is 2.41. The SMILES string of the molecule is CC(C)[C@]1(C)CC[C@@H](C)[C@H]1CC[C@@H](C)O. The quantitative estimate of drug-likeness (QED) is 0.750. The molecule has 1 N–H and O–H groups in total.